The maximum absolute atomic E-state index is 7.24. The van der Waals surface area contributed by atoms with Gasteiger partial charge in [0, 0.05) is 6.54 Å². The van der Waals surface area contributed by atoms with Crippen LogP contribution in [-0.2, 0) is 26.6 Å². The molecule has 38 heavy (non-hydrogen) atoms. The fourth-order valence-electron chi connectivity index (χ4n) is 4.92. The van der Waals surface area contributed by atoms with Crippen LogP contribution in [0.3, 0.4) is 0 Å². The zero-order valence-electron chi connectivity index (χ0n) is 28.1. The van der Waals surface area contributed by atoms with Crippen molar-refractivity contribution in [2.45, 2.75) is 154 Å². The number of nitrogens with two attached hydrogens (primary N) is 1. The second-order valence-corrected chi connectivity index (χ2v) is 43.5. The lowest BCUT2D eigenvalue weighted by Gasteiger charge is -2.61. The molecule has 0 radical (unpaired) electrons. The van der Waals surface area contributed by atoms with Crippen molar-refractivity contribution in [3.05, 3.63) is 0 Å². The normalized spacial score (nSPS) is 30.6. The average molecular weight is 642 g/mol. The van der Waals surface area contributed by atoms with Crippen molar-refractivity contribution in [2.75, 3.05) is 6.54 Å². The summed E-state index contributed by atoms with van der Waals surface area (Å²) in [4.78, 5) is 0. The molecule has 0 aromatic heterocycles. The largest absolute Gasteiger partial charge is 0.409 e. The van der Waals surface area contributed by atoms with E-state index in [0.717, 1.165) is 0 Å². The van der Waals surface area contributed by atoms with Gasteiger partial charge in [0.1, 0.15) is 36.1 Å². The van der Waals surface area contributed by atoms with Gasteiger partial charge in [-0.25, -0.2) is 0 Å². The molecule has 0 spiro atoms. The van der Waals surface area contributed by atoms with Gasteiger partial charge in [0.15, 0.2) is 49.9 Å². The lowest BCUT2D eigenvalue weighted by atomic mass is 9.75. The fraction of sp³-hybridized carbons (Fsp3) is 1.00. The van der Waals surface area contributed by atoms with Gasteiger partial charge in [0.2, 0.25) is 0 Å². The Morgan fingerprint density at radius 3 is 0.895 bits per heavy atom. The van der Waals surface area contributed by atoms with Crippen molar-refractivity contribution in [2.24, 2.45) is 5.73 Å². The molecule has 0 amide bonds. The van der Waals surface area contributed by atoms with Crippen molar-refractivity contribution in [1.82, 2.24) is 0 Å². The van der Waals surface area contributed by atoms with Gasteiger partial charge >= 0.3 is 0 Å². The summed E-state index contributed by atoms with van der Waals surface area (Å²) in [5.74, 6) is 0. The molecule has 2 N–H and O–H groups in total. The highest BCUT2D eigenvalue weighted by Gasteiger charge is 2.65. The molecule has 13 heteroatoms. The molecule has 1 fully saturated rings. The third kappa shape index (κ3) is 12.1. The molecule has 0 saturated heterocycles. The van der Waals surface area contributed by atoms with Crippen LogP contribution in [0.15, 0.2) is 0 Å². The van der Waals surface area contributed by atoms with Gasteiger partial charge in [-0.1, -0.05) is 0 Å². The summed E-state index contributed by atoms with van der Waals surface area (Å²) in [5.41, 5.74) is 5.92. The molecule has 228 valence electrons. The van der Waals surface area contributed by atoms with E-state index in [1.807, 2.05) is 0 Å². The smallest absolute Gasteiger partial charge is 0.184 e. The van der Waals surface area contributed by atoms with Crippen molar-refractivity contribution < 1.29 is 26.6 Å². The van der Waals surface area contributed by atoms with Crippen molar-refractivity contribution in [3.63, 3.8) is 0 Å². The van der Waals surface area contributed by atoms with Crippen LogP contribution in [0.5, 0.6) is 0 Å². The third-order valence-corrected chi connectivity index (χ3v) is 11.3. The van der Waals surface area contributed by atoms with E-state index < -0.39 is 67.7 Å². The Balaban J connectivity index is 4.19. The van der Waals surface area contributed by atoms with Crippen LogP contribution >= 0.6 is 0 Å². The Morgan fingerprint density at radius 1 is 0.421 bits per heavy atom. The van der Waals surface area contributed by atoms with Crippen LogP contribution in [-0.4, -0.2) is 92.6 Å². The van der Waals surface area contributed by atoms with E-state index in [4.69, 9.17) is 32.3 Å². The first-order valence-corrected chi connectivity index (χ1v) is 34.7. The van der Waals surface area contributed by atoms with Crippen LogP contribution < -0.4 is 5.73 Å². The minimum atomic E-state index is -2.15. The van der Waals surface area contributed by atoms with E-state index in [2.05, 4.69) is 118 Å². The summed E-state index contributed by atoms with van der Waals surface area (Å²) in [5, 5.41) is 0. The van der Waals surface area contributed by atoms with E-state index in [-0.39, 0.29) is 24.9 Å². The van der Waals surface area contributed by atoms with Gasteiger partial charge < -0.3 is 32.3 Å². The Kier molecular flexibility index (Phi) is 12.0. The van der Waals surface area contributed by atoms with Gasteiger partial charge in [-0.3, -0.25) is 0 Å². The zero-order chi connectivity index (χ0) is 30.3. The molecule has 1 aliphatic carbocycles. The minimum Gasteiger partial charge on any atom is -0.409 e. The second-order valence-electron chi connectivity index (χ2n) is 16.8. The van der Waals surface area contributed by atoms with Crippen LogP contribution in [0.4, 0.5) is 0 Å². The minimum absolute atomic E-state index is 0.262. The molecule has 0 bridgehead atoms. The molecule has 0 aliphatic heterocycles. The monoisotopic (exact) mass is 641 g/mol. The fourth-order valence-corrected chi connectivity index (χ4v) is 11.8. The molecule has 0 aromatic rings. The number of hydrogen-bond donors (Lipinski definition) is 1. The highest BCUT2D eigenvalue weighted by atomic mass is 28.4. The van der Waals surface area contributed by atoms with Crippen molar-refractivity contribution in [1.29, 1.82) is 0 Å². The van der Waals surface area contributed by atoms with E-state index in [9.17, 15) is 0 Å². The highest BCUT2D eigenvalue weighted by Crippen LogP contribution is 2.45. The quantitative estimate of drug-likeness (QED) is 0.226. The first-order chi connectivity index (χ1) is 16.5. The van der Waals surface area contributed by atoms with Gasteiger partial charge in [-0.05, 0) is 118 Å². The summed E-state index contributed by atoms with van der Waals surface area (Å²) >= 11 is 0. The lowest BCUT2D eigenvalue weighted by Crippen LogP contribution is -2.80. The standard InChI is InChI=1S/C25H63NO6Si6/c1-33(2,3)27-20-21(28-34(4,5)6)23(30-36(10,11)12)25(19-26,32-38(16,17)18)24(31-37(13,14)15)22(20)29-35(7,8)9/h20-24H,19,26H2,1-18H3. The molecule has 4 unspecified atom stereocenters. The Labute approximate surface area is 242 Å². The molecular formula is C25H63NO6Si6. The van der Waals surface area contributed by atoms with Crippen LogP contribution in [0.2, 0.25) is 118 Å². The Hall–Kier alpha value is 1.02. The zero-order valence-corrected chi connectivity index (χ0v) is 34.1. The summed E-state index contributed by atoms with van der Waals surface area (Å²) in [6, 6.07) is 0. The summed E-state index contributed by atoms with van der Waals surface area (Å²) in [6.45, 7) is 40.3. The molecule has 1 rings (SSSR count). The Morgan fingerprint density at radius 2 is 0.684 bits per heavy atom. The topological polar surface area (TPSA) is 81.4 Å². The van der Waals surface area contributed by atoms with E-state index in [0.29, 0.717) is 0 Å². The molecule has 1 saturated carbocycles. The lowest BCUT2D eigenvalue weighted by molar-refractivity contribution is -0.237. The summed E-state index contributed by atoms with van der Waals surface area (Å²) < 4.78 is 42.8. The first-order valence-electron chi connectivity index (χ1n) is 14.3. The molecule has 7 nitrogen and oxygen atoms in total. The average Bonchev–Trinajstić information content (AvgIpc) is 2.58. The molecule has 1 aliphatic rings. The van der Waals surface area contributed by atoms with E-state index >= 15 is 0 Å². The van der Waals surface area contributed by atoms with Gasteiger partial charge in [-0.15, -0.1) is 0 Å². The maximum Gasteiger partial charge on any atom is 0.184 e. The maximum atomic E-state index is 7.24. The van der Waals surface area contributed by atoms with Crippen molar-refractivity contribution in [3.8, 4) is 0 Å². The van der Waals surface area contributed by atoms with Crippen molar-refractivity contribution >= 4 is 49.9 Å². The SMILES string of the molecule is C[Si](C)(C)OC1C(O[Si](C)(C)C)C(O[Si](C)(C)C)C(CN)(O[Si](C)(C)C)C(O[Si](C)(C)C)C1O[Si](C)(C)C. The van der Waals surface area contributed by atoms with E-state index in [1.165, 1.54) is 0 Å². The number of rotatable bonds is 13. The van der Waals surface area contributed by atoms with Crippen LogP contribution in [0.25, 0.3) is 0 Å². The van der Waals surface area contributed by atoms with Crippen LogP contribution in [0.1, 0.15) is 0 Å². The Bertz CT molecular complexity index is 717. The third-order valence-electron chi connectivity index (χ3n) is 5.45. The van der Waals surface area contributed by atoms with Gasteiger partial charge in [0.05, 0.1) is 0 Å². The second kappa shape index (κ2) is 12.3. The highest BCUT2D eigenvalue weighted by molar-refractivity contribution is 6.72. The number of hydrogen-bond acceptors (Lipinski definition) is 7. The predicted octanol–water partition coefficient (Wildman–Crippen LogP) is 6.65. The molecule has 0 aromatic carbocycles. The predicted molar refractivity (Wildman–Crippen MR) is 177 cm³/mol. The first kappa shape index (κ1) is 37.0. The van der Waals surface area contributed by atoms with Crippen LogP contribution in [0, 0.1) is 0 Å². The molecule has 4 atom stereocenters. The van der Waals surface area contributed by atoms with E-state index in [1.54, 1.807) is 0 Å². The molecule has 0 heterocycles. The summed E-state index contributed by atoms with van der Waals surface area (Å²) in [6.07, 6.45) is -1.94. The van der Waals surface area contributed by atoms with Gasteiger partial charge in [0.25, 0.3) is 0 Å². The van der Waals surface area contributed by atoms with Gasteiger partial charge in [-0.2, -0.15) is 0 Å². The summed E-state index contributed by atoms with van der Waals surface area (Å²) in [7, 11) is -12.5. The molecular weight excluding hydrogens is 579 g/mol.